The molecule has 0 amide bonds. The second-order valence-electron chi connectivity index (χ2n) is 4.64. The van der Waals surface area contributed by atoms with Crippen molar-refractivity contribution in [1.82, 2.24) is 9.97 Å². The fourth-order valence-corrected chi connectivity index (χ4v) is 2.91. The van der Waals surface area contributed by atoms with Crippen LogP contribution in [0.15, 0.2) is 54.6 Å². The van der Waals surface area contributed by atoms with Gasteiger partial charge in [-0.25, -0.2) is 0 Å². The molecule has 0 saturated carbocycles. The number of rotatable bonds is 5. The highest BCUT2D eigenvalue weighted by Crippen LogP contribution is 2.16. The van der Waals surface area contributed by atoms with Gasteiger partial charge in [-0.2, -0.15) is 13.4 Å². The molecule has 108 valence electrons. The average molecular weight is 302 g/mol. The summed E-state index contributed by atoms with van der Waals surface area (Å²) in [7, 11) is -3.67. The lowest BCUT2D eigenvalue weighted by molar-refractivity contribution is 0.468. The van der Waals surface area contributed by atoms with Crippen molar-refractivity contribution in [3.05, 3.63) is 60.2 Å². The van der Waals surface area contributed by atoms with Crippen molar-refractivity contribution in [3.8, 4) is 6.01 Å². The van der Waals surface area contributed by atoms with Gasteiger partial charge in [-0.05, 0) is 24.1 Å². The van der Waals surface area contributed by atoms with Crippen molar-refractivity contribution >= 4 is 21.2 Å². The molecule has 0 fully saturated rings. The van der Waals surface area contributed by atoms with Gasteiger partial charge in [0.1, 0.15) is 0 Å². The predicted molar refractivity (Wildman–Crippen MR) is 80.7 cm³/mol. The number of hydrogen-bond acceptors (Lipinski definition) is 4. The van der Waals surface area contributed by atoms with Crippen LogP contribution in [0, 0.1) is 0 Å². The highest BCUT2D eigenvalue weighted by molar-refractivity contribution is 7.87. The van der Waals surface area contributed by atoms with Crippen LogP contribution in [0.3, 0.4) is 0 Å². The SMILES string of the molecule is O=S(=O)(CCc1ccccc1)Oc1nc2ccccc2[nH]1. The second-order valence-corrected chi connectivity index (χ2v) is 6.33. The molecule has 0 aliphatic heterocycles. The number of imidazole rings is 1. The van der Waals surface area contributed by atoms with Crippen LogP contribution in [0.5, 0.6) is 6.01 Å². The normalized spacial score (nSPS) is 11.6. The third-order valence-corrected chi connectivity index (χ3v) is 4.17. The van der Waals surface area contributed by atoms with Crippen LogP contribution in [0.1, 0.15) is 5.56 Å². The summed E-state index contributed by atoms with van der Waals surface area (Å²) in [6, 6.07) is 16.7. The van der Waals surface area contributed by atoms with Gasteiger partial charge < -0.3 is 9.17 Å². The lowest BCUT2D eigenvalue weighted by atomic mass is 10.2. The Morgan fingerprint density at radius 2 is 1.71 bits per heavy atom. The number of fused-ring (bicyclic) bond motifs is 1. The molecule has 6 heteroatoms. The molecule has 0 atom stereocenters. The molecule has 0 bridgehead atoms. The summed E-state index contributed by atoms with van der Waals surface area (Å²) in [5, 5.41) is 0. The Bertz CT molecular complexity index is 808. The highest BCUT2D eigenvalue weighted by Gasteiger charge is 2.15. The molecular weight excluding hydrogens is 288 g/mol. The van der Waals surface area contributed by atoms with E-state index in [0.29, 0.717) is 11.9 Å². The number of aryl methyl sites for hydroxylation is 1. The first-order valence-electron chi connectivity index (χ1n) is 6.53. The Hall–Kier alpha value is -2.34. The Morgan fingerprint density at radius 3 is 2.48 bits per heavy atom. The van der Waals surface area contributed by atoms with Gasteiger partial charge in [0, 0.05) is 0 Å². The standard InChI is InChI=1S/C15H14N2O3S/c18-21(19,11-10-12-6-2-1-3-7-12)20-15-16-13-8-4-5-9-14(13)17-15/h1-9H,10-11H2,(H,16,17). The summed E-state index contributed by atoms with van der Waals surface area (Å²) < 4.78 is 28.9. The maximum atomic E-state index is 12.0. The van der Waals surface area contributed by atoms with Crippen LogP contribution in [0.4, 0.5) is 0 Å². The Kier molecular flexibility index (Phi) is 3.62. The first kappa shape index (κ1) is 13.6. The zero-order valence-corrected chi connectivity index (χ0v) is 12.0. The molecule has 3 aromatic rings. The molecule has 0 saturated heterocycles. The molecule has 0 unspecified atom stereocenters. The number of benzene rings is 2. The van der Waals surface area contributed by atoms with E-state index in [0.717, 1.165) is 11.1 Å². The molecule has 0 radical (unpaired) electrons. The molecule has 1 aromatic heterocycles. The van der Waals surface area contributed by atoms with Gasteiger partial charge in [0.25, 0.3) is 0 Å². The molecule has 1 heterocycles. The van der Waals surface area contributed by atoms with Crippen molar-refractivity contribution in [3.63, 3.8) is 0 Å². The Morgan fingerprint density at radius 1 is 1.00 bits per heavy atom. The van der Waals surface area contributed by atoms with Crippen molar-refractivity contribution in [2.45, 2.75) is 6.42 Å². The fraction of sp³-hybridized carbons (Fsp3) is 0.133. The summed E-state index contributed by atoms with van der Waals surface area (Å²) in [5.74, 6) is -0.0892. The maximum Gasteiger partial charge on any atom is 0.312 e. The second kappa shape index (κ2) is 5.57. The van der Waals surface area contributed by atoms with E-state index >= 15 is 0 Å². The highest BCUT2D eigenvalue weighted by atomic mass is 32.2. The molecule has 1 N–H and O–H groups in total. The topological polar surface area (TPSA) is 72.1 Å². The Labute approximate surface area is 122 Å². The largest absolute Gasteiger partial charge is 0.345 e. The third-order valence-electron chi connectivity index (χ3n) is 3.06. The number of nitrogens with one attached hydrogen (secondary N) is 1. The van der Waals surface area contributed by atoms with Crippen molar-refractivity contribution in [1.29, 1.82) is 0 Å². The molecule has 21 heavy (non-hydrogen) atoms. The minimum absolute atomic E-state index is 0.00395. The number of H-pyrrole nitrogens is 1. The van der Waals surface area contributed by atoms with Crippen LogP contribution in [0.25, 0.3) is 11.0 Å². The van der Waals surface area contributed by atoms with Gasteiger partial charge in [0.15, 0.2) is 0 Å². The molecule has 5 nitrogen and oxygen atoms in total. The van der Waals surface area contributed by atoms with E-state index in [2.05, 4.69) is 9.97 Å². The zero-order chi connectivity index (χ0) is 14.7. The summed E-state index contributed by atoms with van der Waals surface area (Å²) in [6.45, 7) is 0. The lowest BCUT2D eigenvalue weighted by Crippen LogP contribution is -2.16. The molecule has 0 aliphatic carbocycles. The molecule has 0 spiro atoms. The number of nitrogens with zero attached hydrogens (tertiary/aromatic N) is 1. The fourth-order valence-electron chi connectivity index (χ4n) is 2.02. The first-order chi connectivity index (χ1) is 10.1. The van der Waals surface area contributed by atoms with E-state index < -0.39 is 10.1 Å². The van der Waals surface area contributed by atoms with Gasteiger partial charge in [-0.1, -0.05) is 42.5 Å². The minimum Gasteiger partial charge on any atom is -0.345 e. The van der Waals surface area contributed by atoms with E-state index in [4.69, 9.17) is 4.18 Å². The quantitative estimate of drug-likeness (QED) is 0.735. The van der Waals surface area contributed by atoms with Crippen molar-refractivity contribution < 1.29 is 12.6 Å². The van der Waals surface area contributed by atoms with Gasteiger partial charge in [0.2, 0.25) is 0 Å². The van der Waals surface area contributed by atoms with E-state index in [9.17, 15) is 8.42 Å². The van der Waals surface area contributed by atoms with E-state index in [1.54, 1.807) is 6.07 Å². The van der Waals surface area contributed by atoms with E-state index in [1.165, 1.54) is 0 Å². The molecule has 3 rings (SSSR count). The van der Waals surface area contributed by atoms with Crippen molar-refractivity contribution in [2.24, 2.45) is 0 Å². The maximum absolute atomic E-state index is 12.0. The Balaban J connectivity index is 1.70. The van der Waals surface area contributed by atoms with Crippen molar-refractivity contribution in [2.75, 3.05) is 5.75 Å². The number of para-hydroxylation sites is 2. The smallest absolute Gasteiger partial charge is 0.312 e. The zero-order valence-electron chi connectivity index (χ0n) is 11.2. The third kappa shape index (κ3) is 3.41. The van der Waals surface area contributed by atoms with Gasteiger partial charge in [-0.3, -0.25) is 0 Å². The predicted octanol–water partition coefficient (Wildman–Crippen LogP) is 2.51. The van der Waals surface area contributed by atoms with Gasteiger partial charge in [-0.15, -0.1) is 0 Å². The van der Waals surface area contributed by atoms with Crippen LogP contribution in [-0.2, 0) is 16.5 Å². The number of hydrogen-bond donors (Lipinski definition) is 1. The van der Waals surface area contributed by atoms with Crippen LogP contribution < -0.4 is 4.18 Å². The molecule has 2 aromatic carbocycles. The van der Waals surface area contributed by atoms with Gasteiger partial charge in [0.05, 0.1) is 16.8 Å². The summed E-state index contributed by atoms with van der Waals surface area (Å²) >= 11 is 0. The summed E-state index contributed by atoms with van der Waals surface area (Å²) in [6.07, 6.45) is 0.406. The first-order valence-corrected chi connectivity index (χ1v) is 8.11. The van der Waals surface area contributed by atoms with Crippen LogP contribution in [-0.4, -0.2) is 24.1 Å². The molecular formula is C15H14N2O3S. The van der Waals surface area contributed by atoms with Crippen LogP contribution in [0.2, 0.25) is 0 Å². The van der Waals surface area contributed by atoms with E-state index in [1.807, 2.05) is 48.5 Å². The number of aromatic nitrogens is 2. The van der Waals surface area contributed by atoms with Gasteiger partial charge >= 0.3 is 16.1 Å². The number of aromatic amines is 1. The lowest BCUT2D eigenvalue weighted by Gasteiger charge is -2.04. The monoisotopic (exact) mass is 302 g/mol. The average Bonchev–Trinajstić information content (AvgIpc) is 2.87. The van der Waals surface area contributed by atoms with Crippen LogP contribution >= 0.6 is 0 Å². The summed E-state index contributed by atoms with van der Waals surface area (Å²) in [4.78, 5) is 6.93. The summed E-state index contributed by atoms with van der Waals surface area (Å²) in [5.41, 5.74) is 2.37. The van der Waals surface area contributed by atoms with E-state index in [-0.39, 0.29) is 11.8 Å². The molecule has 0 aliphatic rings. The minimum atomic E-state index is -3.67.